The summed E-state index contributed by atoms with van der Waals surface area (Å²) < 4.78 is 0. The van der Waals surface area contributed by atoms with Crippen LogP contribution in [0.1, 0.15) is 85.0 Å². The summed E-state index contributed by atoms with van der Waals surface area (Å²) in [4.78, 5) is 0. The molecule has 4 fully saturated rings. The zero-order valence-electron chi connectivity index (χ0n) is 15.5. The third kappa shape index (κ3) is 2.14. The van der Waals surface area contributed by atoms with Crippen LogP contribution in [0.15, 0.2) is 12.2 Å². The molecule has 1 N–H and O–H groups in total. The normalized spacial score (nSPS) is 55.9. The Hall–Kier alpha value is -0.300. The summed E-state index contributed by atoms with van der Waals surface area (Å²) in [6, 6.07) is 0. The number of hydrogen-bond donors (Lipinski definition) is 1. The molecule has 130 valence electrons. The van der Waals surface area contributed by atoms with E-state index >= 15 is 0 Å². The van der Waals surface area contributed by atoms with E-state index in [1.54, 1.807) is 5.57 Å². The fraction of sp³-hybridized carbons (Fsp3) is 0.909. The van der Waals surface area contributed by atoms with Gasteiger partial charge in [0.25, 0.3) is 0 Å². The quantitative estimate of drug-likeness (QED) is 0.613. The first-order valence-corrected chi connectivity index (χ1v) is 10.2. The Balaban J connectivity index is 1.61. The lowest BCUT2D eigenvalue weighted by atomic mass is 9.44. The highest BCUT2D eigenvalue weighted by Gasteiger charge is 2.59. The zero-order valence-corrected chi connectivity index (χ0v) is 15.5. The minimum atomic E-state index is -0.359. The molecule has 0 amide bonds. The molecular formula is C22H36O. The second-order valence-corrected chi connectivity index (χ2v) is 10.0. The highest BCUT2D eigenvalue weighted by atomic mass is 16.3. The van der Waals surface area contributed by atoms with Crippen molar-refractivity contribution < 1.29 is 5.11 Å². The fourth-order valence-electron chi connectivity index (χ4n) is 7.55. The van der Waals surface area contributed by atoms with Gasteiger partial charge in [-0.3, -0.25) is 0 Å². The average molecular weight is 317 g/mol. The molecule has 0 aliphatic heterocycles. The van der Waals surface area contributed by atoms with E-state index in [1.165, 1.54) is 44.9 Å². The number of hydrogen-bond acceptors (Lipinski definition) is 1. The summed E-state index contributed by atoms with van der Waals surface area (Å²) in [5.41, 5.74) is 2.14. The van der Waals surface area contributed by atoms with Gasteiger partial charge in [-0.1, -0.05) is 32.9 Å². The van der Waals surface area contributed by atoms with Crippen LogP contribution >= 0.6 is 0 Å². The smallest absolute Gasteiger partial charge is 0.0648 e. The molecule has 4 aliphatic carbocycles. The van der Waals surface area contributed by atoms with Crippen LogP contribution in [0.5, 0.6) is 0 Å². The molecule has 1 heteroatoms. The lowest BCUT2D eigenvalue weighted by molar-refractivity contribution is -0.144. The number of fused-ring (bicyclic) bond motifs is 5. The Morgan fingerprint density at radius 2 is 1.83 bits per heavy atom. The monoisotopic (exact) mass is 316 g/mol. The average Bonchev–Trinajstić information content (AvgIpc) is 2.84. The van der Waals surface area contributed by atoms with Gasteiger partial charge >= 0.3 is 0 Å². The van der Waals surface area contributed by atoms with Crippen LogP contribution in [0.25, 0.3) is 0 Å². The minimum Gasteiger partial charge on any atom is -0.390 e. The van der Waals surface area contributed by atoms with E-state index in [-0.39, 0.29) is 5.60 Å². The van der Waals surface area contributed by atoms with Gasteiger partial charge in [-0.25, -0.2) is 0 Å². The maximum absolute atomic E-state index is 10.8. The lowest BCUT2D eigenvalue weighted by Gasteiger charge is -2.61. The van der Waals surface area contributed by atoms with Crippen molar-refractivity contribution >= 4 is 0 Å². The Morgan fingerprint density at radius 1 is 1.04 bits per heavy atom. The predicted octanol–water partition coefficient (Wildman–Crippen LogP) is 5.73. The largest absolute Gasteiger partial charge is 0.390 e. The molecule has 4 saturated carbocycles. The predicted molar refractivity (Wildman–Crippen MR) is 96.1 cm³/mol. The van der Waals surface area contributed by atoms with Crippen molar-refractivity contribution in [3.63, 3.8) is 0 Å². The highest BCUT2D eigenvalue weighted by Crippen LogP contribution is 2.67. The second-order valence-electron chi connectivity index (χ2n) is 10.0. The van der Waals surface area contributed by atoms with Crippen LogP contribution < -0.4 is 0 Å². The molecule has 0 aromatic carbocycles. The fourth-order valence-corrected chi connectivity index (χ4v) is 7.55. The molecule has 0 aromatic rings. The van der Waals surface area contributed by atoms with Crippen LogP contribution in [-0.4, -0.2) is 10.7 Å². The molecule has 0 spiro atoms. The van der Waals surface area contributed by atoms with E-state index in [9.17, 15) is 5.11 Å². The molecule has 4 aliphatic rings. The van der Waals surface area contributed by atoms with Crippen molar-refractivity contribution in [3.05, 3.63) is 12.2 Å². The van der Waals surface area contributed by atoms with E-state index < -0.39 is 0 Å². The van der Waals surface area contributed by atoms with E-state index in [0.29, 0.717) is 10.8 Å². The standard InChI is InChI=1S/C22H36O/c1-5-22(23)13-12-21(4)16(14-22)7-8-17-18-9-6-15(2)20(18,3)11-10-19(17)21/h16-19,23H,2,5-14H2,1,3-4H3/t16-,17-,18-,19-,20+,21-,22-/m0/s1. The second kappa shape index (κ2) is 5.10. The van der Waals surface area contributed by atoms with Crippen LogP contribution in [0.4, 0.5) is 0 Å². The Labute approximate surface area is 142 Å². The molecule has 23 heavy (non-hydrogen) atoms. The molecule has 0 saturated heterocycles. The minimum absolute atomic E-state index is 0.359. The summed E-state index contributed by atoms with van der Waals surface area (Å²) in [6.07, 6.45) is 12.5. The number of aliphatic hydroxyl groups is 1. The van der Waals surface area contributed by atoms with Crippen LogP contribution in [0.2, 0.25) is 0 Å². The van der Waals surface area contributed by atoms with Gasteiger partial charge in [-0.05, 0) is 98.7 Å². The van der Waals surface area contributed by atoms with Gasteiger partial charge in [0.2, 0.25) is 0 Å². The third-order valence-corrected chi connectivity index (χ3v) is 9.43. The van der Waals surface area contributed by atoms with Gasteiger partial charge in [-0.2, -0.15) is 0 Å². The summed E-state index contributed by atoms with van der Waals surface area (Å²) in [5, 5.41) is 10.8. The van der Waals surface area contributed by atoms with Crippen LogP contribution in [0.3, 0.4) is 0 Å². The van der Waals surface area contributed by atoms with Crippen molar-refractivity contribution in [2.75, 3.05) is 0 Å². The van der Waals surface area contributed by atoms with Gasteiger partial charge in [0.1, 0.15) is 0 Å². The van der Waals surface area contributed by atoms with E-state index in [2.05, 4.69) is 27.4 Å². The zero-order chi connectivity index (χ0) is 16.5. The molecule has 0 radical (unpaired) electrons. The molecular weight excluding hydrogens is 280 g/mol. The molecule has 0 bridgehead atoms. The molecule has 4 rings (SSSR count). The number of rotatable bonds is 1. The van der Waals surface area contributed by atoms with Crippen molar-refractivity contribution in [2.24, 2.45) is 34.5 Å². The topological polar surface area (TPSA) is 20.2 Å². The summed E-state index contributed by atoms with van der Waals surface area (Å²) in [6.45, 7) is 11.7. The Kier molecular flexibility index (Phi) is 3.59. The number of allylic oxidation sites excluding steroid dienone is 1. The summed E-state index contributed by atoms with van der Waals surface area (Å²) >= 11 is 0. The highest BCUT2D eigenvalue weighted by molar-refractivity contribution is 5.21. The van der Waals surface area contributed by atoms with Crippen molar-refractivity contribution in [2.45, 2.75) is 90.6 Å². The van der Waals surface area contributed by atoms with Crippen LogP contribution in [-0.2, 0) is 0 Å². The van der Waals surface area contributed by atoms with Crippen molar-refractivity contribution in [1.29, 1.82) is 0 Å². The third-order valence-electron chi connectivity index (χ3n) is 9.43. The van der Waals surface area contributed by atoms with Crippen molar-refractivity contribution in [3.8, 4) is 0 Å². The lowest BCUT2D eigenvalue weighted by Crippen LogP contribution is -2.55. The van der Waals surface area contributed by atoms with Gasteiger partial charge in [0.05, 0.1) is 5.60 Å². The summed E-state index contributed by atoms with van der Waals surface area (Å²) in [5.74, 6) is 3.50. The molecule has 0 aromatic heterocycles. The van der Waals surface area contributed by atoms with Gasteiger partial charge in [0.15, 0.2) is 0 Å². The van der Waals surface area contributed by atoms with Crippen molar-refractivity contribution in [1.82, 2.24) is 0 Å². The van der Waals surface area contributed by atoms with Gasteiger partial charge < -0.3 is 5.11 Å². The first-order valence-electron chi connectivity index (χ1n) is 10.2. The van der Waals surface area contributed by atoms with E-state index in [0.717, 1.165) is 42.9 Å². The van der Waals surface area contributed by atoms with Gasteiger partial charge in [0, 0.05) is 0 Å². The molecule has 7 atom stereocenters. The molecule has 0 heterocycles. The maximum atomic E-state index is 10.8. The van der Waals surface area contributed by atoms with Crippen LogP contribution in [0, 0.1) is 34.5 Å². The first kappa shape index (κ1) is 16.2. The molecule has 0 unspecified atom stereocenters. The van der Waals surface area contributed by atoms with E-state index in [4.69, 9.17) is 0 Å². The SMILES string of the molecule is C=C1CC[C@H]2[C@@H]3CC[C@H]4C[C@](O)(CC)CC[C@]4(C)[C@H]3CC[C@]12C. The molecule has 1 nitrogen and oxygen atoms in total. The Bertz CT molecular complexity index is 510. The van der Waals surface area contributed by atoms with E-state index in [1.807, 2.05) is 0 Å². The Morgan fingerprint density at radius 3 is 2.57 bits per heavy atom. The first-order chi connectivity index (χ1) is 10.8. The van der Waals surface area contributed by atoms with Gasteiger partial charge in [-0.15, -0.1) is 0 Å². The summed E-state index contributed by atoms with van der Waals surface area (Å²) in [7, 11) is 0. The maximum Gasteiger partial charge on any atom is 0.0648 e.